The number of ether oxygens (including phenoxy) is 1. The van der Waals surface area contributed by atoms with Crippen molar-refractivity contribution in [3.05, 3.63) is 36.0 Å². The van der Waals surface area contributed by atoms with E-state index in [4.69, 9.17) is 4.74 Å². The summed E-state index contributed by atoms with van der Waals surface area (Å²) in [6.45, 7) is 2.68. The van der Waals surface area contributed by atoms with Gasteiger partial charge in [-0.2, -0.15) is 0 Å². The van der Waals surface area contributed by atoms with Gasteiger partial charge >= 0.3 is 0 Å². The minimum Gasteiger partial charge on any atom is -0.380 e. The molecule has 1 unspecified atom stereocenters. The van der Waals surface area contributed by atoms with E-state index >= 15 is 0 Å². The lowest BCUT2D eigenvalue weighted by atomic mass is 10.1. The molecule has 2 aromatic rings. The molecule has 90 valence electrons. The number of benzene rings is 1. The van der Waals surface area contributed by atoms with Crippen LogP contribution in [0.2, 0.25) is 0 Å². The molecule has 2 N–H and O–H groups in total. The molecule has 17 heavy (non-hydrogen) atoms. The topological polar surface area (TPSA) is 37.0 Å². The molecule has 0 radical (unpaired) electrons. The highest BCUT2D eigenvalue weighted by Gasteiger charge is 2.13. The van der Waals surface area contributed by atoms with E-state index in [0.29, 0.717) is 6.04 Å². The Bertz CT molecular complexity index is 486. The molecule has 0 amide bonds. The summed E-state index contributed by atoms with van der Waals surface area (Å²) in [4.78, 5) is 3.30. The monoisotopic (exact) mass is 230 g/mol. The van der Waals surface area contributed by atoms with Crippen LogP contribution >= 0.6 is 0 Å². The van der Waals surface area contributed by atoms with E-state index in [2.05, 4.69) is 34.6 Å². The molecule has 0 spiro atoms. The average molecular weight is 230 g/mol. The zero-order valence-corrected chi connectivity index (χ0v) is 9.91. The first kappa shape index (κ1) is 10.8. The lowest BCUT2D eigenvalue weighted by molar-refractivity contribution is 0.0700. The molecule has 1 aromatic carbocycles. The van der Waals surface area contributed by atoms with Crippen LogP contribution in [0, 0.1) is 0 Å². The number of rotatable bonds is 3. The Kier molecular flexibility index (Phi) is 3.12. The van der Waals surface area contributed by atoms with Crippen LogP contribution in [0.1, 0.15) is 18.4 Å². The molecule has 0 bridgehead atoms. The molecule has 1 saturated heterocycles. The van der Waals surface area contributed by atoms with Crippen molar-refractivity contribution in [2.24, 2.45) is 0 Å². The Morgan fingerprint density at radius 1 is 1.35 bits per heavy atom. The third-order valence-electron chi connectivity index (χ3n) is 3.42. The van der Waals surface area contributed by atoms with E-state index in [9.17, 15) is 0 Å². The summed E-state index contributed by atoms with van der Waals surface area (Å²) < 4.78 is 5.47. The van der Waals surface area contributed by atoms with Crippen LogP contribution < -0.4 is 5.32 Å². The number of hydrogen-bond donors (Lipinski definition) is 2. The molecule has 3 heteroatoms. The zero-order valence-electron chi connectivity index (χ0n) is 9.91. The molecule has 2 heterocycles. The van der Waals surface area contributed by atoms with E-state index in [1.807, 2.05) is 6.20 Å². The third-order valence-corrected chi connectivity index (χ3v) is 3.42. The van der Waals surface area contributed by atoms with Gasteiger partial charge in [0, 0.05) is 30.9 Å². The minimum atomic E-state index is 0.508. The van der Waals surface area contributed by atoms with E-state index < -0.39 is 0 Å². The predicted molar refractivity (Wildman–Crippen MR) is 69.0 cm³/mol. The zero-order chi connectivity index (χ0) is 11.5. The van der Waals surface area contributed by atoms with Crippen molar-refractivity contribution in [3.63, 3.8) is 0 Å². The van der Waals surface area contributed by atoms with Crippen LogP contribution in [-0.4, -0.2) is 24.2 Å². The van der Waals surface area contributed by atoms with Gasteiger partial charge in [-0.1, -0.05) is 18.2 Å². The second kappa shape index (κ2) is 4.90. The van der Waals surface area contributed by atoms with Crippen LogP contribution in [0.4, 0.5) is 0 Å². The second-order valence-corrected chi connectivity index (χ2v) is 4.65. The maximum Gasteiger partial charge on any atom is 0.0619 e. The number of hydrogen-bond acceptors (Lipinski definition) is 2. The van der Waals surface area contributed by atoms with Gasteiger partial charge in [0.2, 0.25) is 0 Å². The number of H-pyrrole nitrogens is 1. The molecule has 1 aliphatic heterocycles. The predicted octanol–water partition coefficient (Wildman–Crippen LogP) is 2.44. The number of fused-ring (bicyclic) bond motifs is 1. The van der Waals surface area contributed by atoms with Crippen molar-refractivity contribution in [1.82, 2.24) is 10.3 Å². The van der Waals surface area contributed by atoms with Gasteiger partial charge in [0.05, 0.1) is 6.61 Å². The first-order valence-corrected chi connectivity index (χ1v) is 6.29. The Balaban J connectivity index is 1.69. The van der Waals surface area contributed by atoms with E-state index in [1.54, 1.807) is 0 Å². The molecule has 1 aromatic heterocycles. The standard InChI is InChI=1S/C14H18N2O/c1-3-11-6-7-15-14(11)12(4-1)9-16-13-5-2-8-17-10-13/h1,3-4,6-7,13,15-16H,2,5,8-10H2. The Hall–Kier alpha value is -1.32. The molecule has 0 aliphatic carbocycles. The average Bonchev–Trinajstić information content (AvgIpc) is 2.86. The molecule has 1 atom stereocenters. The van der Waals surface area contributed by atoms with Crippen molar-refractivity contribution in [1.29, 1.82) is 0 Å². The largest absolute Gasteiger partial charge is 0.380 e. The van der Waals surface area contributed by atoms with Crippen molar-refractivity contribution in [2.45, 2.75) is 25.4 Å². The highest BCUT2D eigenvalue weighted by Crippen LogP contribution is 2.17. The third kappa shape index (κ3) is 2.35. The summed E-state index contributed by atoms with van der Waals surface area (Å²) in [5, 5.41) is 4.86. The van der Waals surface area contributed by atoms with Crippen molar-refractivity contribution in [2.75, 3.05) is 13.2 Å². The van der Waals surface area contributed by atoms with Gasteiger partial charge in [0.15, 0.2) is 0 Å². The number of nitrogens with one attached hydrogen (secondary N) is 2. The SMILES string of the molecule is c1cc(CNC2CCCOC2)c2[nH]ccc2c1. The molecule has 3 rings (SSSR count). The normalized spacial score (nSPS) is 20.8. The summed E-state index contributed by atoms with van der Waals surface area (Å²) in [5.74, 6) is 0. The van der Waals surface area contributed by atoms with Crippen LogP contribution in [0.25, 0.3) is 10.9 Å². The lowest BCUT2D eigenvalue weighted by Gasteiger charge is -2.23. The van der Waals surface area contributed by atoms with Crippen molar-refractivity contribution >= 4 is 10.9 Å². The summed E-state index contributed by atoms with van der Waals surface area (Å²) in [5.41, 5.74) is 2.58. The molecule has 1 fully saturated rings. The van der Waals surface area contributed by atoms with E-state index in [-0.39, 0.29) is 0 Å². The highest BCUT2D eigenvalue weighted by atomic mass is 16.5. The van der Waals surface area contributed by atoms with Gasteiger partial charge < -0.3 is 15.0 Å². The smallest absolute Gasteiger partial charge is 0.0619 e. The molecular formula is C14H18N2O. The van der Waals surface area contributed by atoms with Crippen LogP contribution in [-0.2, 0) is 11.3 Å². The number of para-hydroxylation sites is 1. The Morgan fingerprint density at radius 2 is 2.35 bits per heavy atom. The highest BCUT2D eigenvalue weighted by molar-refractivity contribution is 5.82. The molecule has 0 saturated carbocycles. The minimum absolute atomic E-state index is 0.508. The van der Waals surface area contributed by atoms with E-state index in [1.165, 1.54) is 29.3 Å². The molecular weight excluding hydrogens is 212 g/mol. The van der Waals surface area contributed by atoms with Gasteiger partial charge in [-0.3, -0.25) is 0 Å². The maximum atomic E-state index is 5.47. The van der Waals surface area contributed by atoms with Gasteiger partial charge in [-0.15, -0.1) is 0 Å². The quantitative estimate of drug-likeness (QED) is 0.849. The fourth-order valence-electron chi connectivity index (χ4n) is 2.45. The first-order valence-electron chi connectivity index (χ1n) is 6.29. The fourth-order valence-corrected chi connectivity index (χ4v) is 2.45. The Labute approximate surface area is 101 Å². The second-order valence-electron chi connectivity index (χ2n) is 4.65. The lowest BCUT2D eigenvalue weighted by Crippen LogP contribution is -2.36. The van der Waals surface area contributed by atoms with Gasteiger partial charge in [-0.05, 0) is 29.9 Å². The molecule has 3 nitrogen and oxygen atoms in total. The number of aromatic nitrogens is 1. The van der Waals surface area contributed by atoms with E-state index in [0.717, 1.165) is 19.8 Å². The van der Waals surface area contributed by atoms with Crippen LogP contribution in [0.5, 0.6) is 0 Å². The van der Waals surface area contributed by atoms with Gasteiger partial charge in [0.25, 0.3) is 0 Å². The van der Waals surface area contributed by atoms with Crippen molar-refractivity contribution < 1.29 is 4.74 Å². The van der Waals surface area contributed by atoms with Gasteiger partial charge in [-0.25, -0.2) is 0 Å². The summed E-state index contributed by atoms with van der Waals surface area (Å²) in [6.07, 6.45) is 4.39. The van der Waals surface area contributed by atoms with Crippen LogP contribution in [0.15, 0.2) is 30.5 Å². The maximum absolute atomic E-state index is 5.47. The Morgan fingerprint density at radius 3 is 3.24 bits per heavy atom. The fraction of sp³-hybridized carbons (Fsp3) is 0.429. The van der Waals surface area contributed by atoms with Crippen molar-refractivity contribution in [3.8, 4) is 0 Å². The summed E-state index contributed by atoms with van der Waals surface area (Å²) in [6, 6.07) is 9.05. The molecule has 1 aliphatic rings. The van der Waals surface area contributed by atoms with Crippen LogP contribution in [0.3, 0.4) is 0 Å². The van der Waals surface area contributed by atoms with Gasteiger partial charge in [0.1, 0.15) is 0 Å². The number of aromatic amines is 1. The summed E-state index contributed by atoms with van der Waals surface area (Å²) in [7, 11) is 0. The summed E-state index contributed by atoms with van der Waals surface area (Å²) >= 11 is 0. The first-order chi connectivity index (χ1) is 8.43.